The Hall–Kier alpha value is -1.94. The van der Waals surface area contributed by atoms with Crippen molar-refractivity contribution in [1.29, 1.82) is 0 Å². The molecule has 112 valence electrons. The number of nitrogens with zero attached hydrogens (tertiary/aromatic N) is 1. The highest BCUT2D eigenvalue weighted by Crippen LogP contribution is 2.22. The van der Waals surface area contributed by atoms with Crippen molar-refractivity contribution in [1.82, 2.24) is 9.88 Å². The topological polar surface area (TPSA) is 36.1 Å². The molecule has 0 aliphatic rings. The first-order valence-electron chi connectivity index (χ1n) is 7.04. The maximum absolute atomic E-state index is 13.8. The summed E-state index contributed by atoms with van der Waals surface area (Å²) in [6.45, 7) is 5.98. The van der Waals surface area contributed by atoms with Crippen LogP contribution in [0.2, 0.25) is 0 Å². The predicted octanol–water partition coefficient (Wildman–Crippen LogP) is 3.65. The van der Waals surface area contributed by atoms with Gasteiger partial charge in [0, 0.05) is 28.6 Å². The SMILES string of the molecule is Cc1cc(C(=O)CN(C)C(C)c2ccccc2F)c(C)[nH]1. The predicted molar refractivity (Wildman–Crippen MR) is 82.0 cm³/mol. The molecule has 0 amide bonds. The molecule has 1 atom stereocenters. The summed E-state index contributed by atoms with van der Waals surface area (Å²) in [5.74, 6) is -0.194. The average molecular weight is 288 g/mol. The molecule has 0 bridgehead atoms. The number of nitrogens with one attached hydrogen (secondary N) is 1. The van der Waals surface area contributed by atoms with Gasteiger partial charge in [0.05, 0.1) is 6.54 Å². The highest BCUT2D eigenvalue weighted by molar-refractivity contribution is 5.98. The fourth-order valence-electron chi connectivity index (χ4n) is 2.51. The molecule has 1 N–H and O–H groups in total. The second-order valence-electron chi connectivity index (χ2n) is 5.53. The lowest BCUT2D eigenvalue weighted by molar-refractivity contribution is 0.0923. The minimum Gasteiger partial charge on any atom is -0.362 e. The molecule has 1 unspecified atom stereocenters. The van der Waals surface area contributed by atoms with Crippen molar-refractivity contribution in [2.75, 3.05) is 13.6 Å². The van der Waals surface area contributed by atoms with Gasteiger partial charge in [-0.05, 0) is 40.0 Å². The molecular weight excluding hydrogens is 267 g/mol. The van der Waals surface area contributed by atoms with E-state index in [2.05, 4.69) is 4.98 Å². The van der Waals surface area contributed by atoms with Crippen LogP contribution in [0, 0.1) is 19.7 Å². The number of carbonyl (C=O) groups excluding carboxylic acids is 1. The summed E-state index contributed by atoms with van der Waals surface area (Å²) < 4.78 is 13.8. The number of halogens is 1. The van der Waals surface area contributed by atoms with Crippen LogP contribution < -0.4 is 0 Å². The van der Waals surface area contributed by atoms with Gasteiger partial charge < -0.3 is 4.98 Å². The van der Waals surface area contributed by atoms with E-state index in [1.165, 1.54) is 6.07 Å². The Morgan fingerprint density at radius 3 is 2.57 bits per heavy atom. The van der Waals surface area contributed by atoms with Crippen LogP contribution in [0.3, 0.4) is 0 Å². The zero-order valence-corrected chi connectivity index (χ0v) is 12.9. The number of aryl methyl sites for hydroxylation is 2. The minimum atomic E-state index is -0.238. The molecule has 21 heavy (non-hydrogen) atoms. The molecule has 0 saturated carbocycles. The lowest BCUT2D eigenvalue weighted by Crippen LogP contribution is -2.29. The molecule has 3 nitrogen and oxygen atoms in total. The smallest absolute Gasteiger partial charge is 0.178 e. The van der Waals surface area contributed by atoms with Crippen LogP contribution in [0.5, 0.6) is 0 Å². The maximum atomic E-state index is 13.8. The molecule has 0 aliphatic carbocycles. The molecule has 0 aliphatic heterocycles. The highest BCUT2D eigenvalue weighted by Gasteiger charge is 2.19. The Kier molecular flexibility index (Phi) is 4.58. The summed E-state index contributed by atoms with van der Waals surface area (Å²) >= 11 is 0. The summed E-state index contributed by atoms with van der Waals surface area (Å²) in [5, 5.41) is 0. The van der Waals surface area contributed by atoms with Gasteiger partial charge in [0.2, 0.25) is 0 Å². The third-order valence-electron chi connectivity index (χ3n) is 3.86. The van der Waals surface area contributed by atoms with Gasteiger partial charge in [-0.3, -0.25) is 9.69 Å². The van der Waals surface area contributed by atoms with Crippen molar-refractivity contribution in [3.8, 4) is 0 Å². The van der Waals surface area contributed by atoms with Crippen LogP contribution >= 0.6 is 0 Å². The Labute approximate surface area is 124 Å². The third-order valence-corrected chi connectivity index (χ3v) is 3.86. The number of H-pyrrole nitrogens is 1. The van der Waals surface area contributed by atoms with Gasteiger partial charge in [0.15, 0.2) is 5.78 Å². The van der Waals surface area contributed by atoms with Crippen LogP contribution in [0.15, 0.2) is 30.3 Å². The van der Waals surface area contributed by atoms with Crippen LogP contribution in [0.4, 0.5) is 4.39 Å². The van der Waals surface area contributed by atoms with Gasteiger partial charge in [-0.1, -0.05) is 18.2 Å². The number of hydrogen-bond donors (Lipinski definition) is 1. The number of benzene rings is 1. The van der Waals surface area contributed by atoms with E-state index in [0.29, 0.717) is 11.1 Å². The van der Waals surface area contributed by atoms with Gasteiger partial charge in [-0.2, -0.15) is 0 Å². The quantitative estimate of drug-likeness (QED) is 0.853. The Morgan fingerprint density at radius 2 is 2.00 bits per heavy atom. The maximum Gasteiger partial charge on any atom is 0.178 e. The molecule has 0 spiro atoms. The molecule has 2 aromatic rings. The van der Waals surface area contributed by atoms with Crippen LogP contribution in [-0.4, -0.2) is 29.3 Å². The van der Waals surface area contributed by atoms with Crippen molar-refractivity contribution in [2.45, 2.75) is 26.8 Å². The Bertz CT molecular complexity index is 648. The van der Waals surface area contributed by atoms with Crippen LogP contribution in [0.1, 0.15) is 40.3 Å². The molecule has 1 heterocycles. The highest BCUT2D eigenvalue weighted by atomic mass is 19.1. The summed E-state index contributed by atoms with van der Waals surface area (Å²) in [5.41, 5.74) is 3.17. The number of Topliss-reactive ketones (excluding diaryl/α,β-unsaturated/α-hetero) is 1. The summed E-state index contributed by atoms with van der Waals surface area (Å²) in [4.78, 5) is 17.4. The summed E-state index contributed by atoms with van der Waals surface area (Å²) in [7, 11) is 1.84. The van der Waals surface area contributed by atoms with Crippen molar-refractivity contribution in [3.05, 3.63) is 58.7 Å². The number of rotatable bonds is 5. The first-order chi connectivity index (χ1) is 9.90. The van der Waals surface area contributed by atoms with Gasteiger partial charge in [0.1, 0.15) is 5.82 Å². The lowest BCUT2D eigenvalue weighted by Gasteiger charge is -2.24. The van der Waals surface area contributed by atoms with E-state index in [4.69, 9.17) is 0 Å². The summed E-state index contributed by atoms with van der Waals surface area (Å²) in [6, 6.07) is 8.38. The number of ketones is 1. The van der Waals surface area contributed by atoms with Crippen molar-refractivity contribution < 1.29 is 9.18 Å². The third kappa shape index (κ3) is 3.39. The van der Waals surface area contributed by atoms with E-state index in [1.54, 1.807) is 12.1 Å². The van der Waals surface area contributed by atoms with E-state index in [1.807, 2.05) is 44.9 Å². The Balaban J connectivity index is 2.11. The first kappa shape index (κ1) is 15.4. The molecular formula is C17H21FN2O. The van der Waals surface area contributed by atoms with Gasteiger partial charge >= 0.3 is 0 Å². The molecule has 4 heteroatoms. The number of hydrogen-bond acceptors (Lipinski definition) is 2. The molecule has 1 aromatic heterocycles. The average Bonchev–Trinajstić information content (AvgIpc) is 2.77. The fraction of sp³-hybridized carbons (Fsp3) is 0.353. The number of aromatic nitrogens is 1. The summed E-state index contributed by atoms with van der Waals surface area (Å²) in [6.07, 6.45) is 0. The fourth-order valence-corrected chi connectivity index (χ4v) is 2.51. The first-order valence-corrected chi connectivity index (χ1v) is 7.04. The standard InChI is InChI=1S/C17H21FN2O/c1-11-9-15(12(2)19-11)17(21)10-20(4)13(3)14-7-5-6-8-16(14)18/h5-9,13,19H,10H2,1-4H3. The Morgan fingerprint density at radius 1 is 1.33 bits per heavy atom. The number of carbonyl (C=O) groups is 1. The van der Waals surface area contributed by atoms with Crippen molar-refractivity contribution >= 4 is 5.78 Å². The number of likely N-dealkylation sites (N-methyl/N-ethyl adjacent to an activating group) is 1. The van der Waals surface area contributed by atoms with E-state index >= 15 is 0 Å². The molecule has 0 fully saturated rings. The van der Waals surface area contributed by atoms with E-state index in [9.17, 15) is 9.18 Å². The van der Waals surface area contributed by atoms with Crippen LogP contribution in [-0.2, 0) is 0 Å². The van der Waals surface area contributed by atoms with E-state index < -0.39 is 0 Å². The van der Waals surface area contributed by atoms with Gasteiger partial charge in [-0.15, -0.1) is 0 Å². The zero-order chi connectivity index (χ0) is 15.6. The zero-order valence-electron chi connectivity index (χ0n) is 12.9. The van der Waals surface area contributed by atoms with Crippen molar-refractivity contribution in [2.24, 2.45) is 0 Å². The molecule has 2 rings (SSSR count). The monoisotopic (exact) mass is 288 g/mol. The largest absolute Gasteiger partial charge is 0.362 e. The second kappa shape index (κ2) is 6.22. The lowest BCUT2D eigenvalue weighted by atomic mass is 10.1. The molecule has 1 aromatic carbocycles. The van der Waals surface area contributed by atoms with Crippen LogP contribution in [0.25, 0.3) is 0 Å². The van der Waals surface area contributed by atoms with Crippen molar-refractivity contribution in [3.63, 3.8) is 0 Å². The number of aromatic amines is 1. The second-order valence-corrected chi connectivity index (χ2v) is 5.53. The van der Waals surface area contributed by atoms with Gasteiger partial charge in [0.25, 0.3) is 0 Å². The van der Waals surface area contributed by atoms with E-state index in [0.717, 1.165) is 11.4 Å². The molecule has 0 radical (unpaired) electrons. The molecule has 0 saturated heterocycles. The normalized spacial score (nSPS) is 12.7. The minimum absolute atomic E-state index is 0.0440. The van der Waals surface area contributed by atoms with Gasteiger partial charge in [-0.25, -0.2) is 4.39 Å². The van der Waals surface area contributed by atoms with E-state index in [-0.39, 0.29) is 24.2 Å².